The van der Waals surface area contributed by atoms with E-state index in [9.17, 15) is 4.79 Å². The third-order valence-electron chi connectivity index (χ3n) is 5.69. The van der Waals surface area contributed by atoms with E-state index in [0.29, 0.717) is 29.2 Å². The summed E-state index contributed by atoms with van der Waals surface area (Å²) in [6.45, 7) is 7.76. The molecule has 1 aliphatic carbocycles. The highest BCUT2D eigenvalue weighted by Gasteiger charge is 2.59. The molecule has 1 N–H and O–H groups in total. The Labute approximate surface area is 129 Å². The van der Waals surface area contributed by atoms with Gasteiger partial charge in [0.25, 0.3) is 0 Å². The Kier molecular flexibility index (Phi) is 5.01. The van der Waals surface area contributed by atoms with Crippen LogP contribution < -0.4 is 5.32 Å². The lowest BCUT2D eigenvalue weighted by molar-refractivity contribution is -0.138. The minimum absolute atomic E-state index is 0. The lowest BCUT2D eigenvalue weighted by atomic mass is 9.89. The van der Waals surface area contributed by atoms with Crippen LogP contribution in [0.4, 0.5) is 0 Å². The fourth-order valence-electron chi connectivity index (χ4n) is 4.30. The van der Waals surface area contributed by atoms with E-state index >= 15 is 0 Å². The second kappa shape index (κ2) is 6.23. The smallest absolute Gasteiger partial charge is 0.226 e. The van der Waals surface area contributed by atoms with Crippen molar-refractivity contribution >= 4 is 18.3 Å². The van der Waals surface area contributed by atoms with E-state index in [4.69, 9.17) is 0 Å². The molecule has 0 radical (unpaired) electrons. The normalized spacial score (nSPS) is 32.0. The summed E-state index contributed by atoms with van der Waals surface area (Å²) in [4.78, 5) is 15.1. The molecule has 3 fully saturated rings. The van der Waals surface area contributed by atoms with Gasteiger partial charge in [-0.3, -0.25) is 4.79 Å². The predicted octanol–water partition coefficient (Wildman–Crippen LogP) is 2.84. The number of hydrogen-bond donors (Lipinski definition) is 1. The molecule has 0 aromatic heterocycles. The van der Waals surface area contributed by atoms with Crippen molar-refractivity contribution in [1.82, 2.24) is 10.2 Å². The zero-order valence-electron chi connectivity index (χ0n) is 12.9. The fourth-order valence-corrected chi connectivity index (χ4v) is 4.30. The Bertz CT molecular complexity index is 352. The zero-order chi connectivity index (χ0) is 13.5. The van der Waals surface area contributed by atoms with E-state index in [0.717, 1.165) is 26.1 Å². The molecule has 1 saturated carbocycles. The van der Waals surface area contributed by atoms with Gasteiger partial charge in [0.05, 0.1) is 0 Å². The van der Waals surface area contributed by atoms with Gasteiger partial charge >= 0.3 is 0 Å². The molecule has 0 aromatic rings. The van der Waals surface area contributed by atoms with Crippen molar-refractivity contribution in [3.8, 4) is 0 Å². The van der Waals surface area contributed by atoms with Crippen LogP contribution >= 0.6 is 12.4 Å². The minimum atomic E-state index is 0. The SMILES string of the molecule is CC(C)C1CCCCN1C(=O)C1CC12CCNCC2.Cl. The molecule has 2 heterocycles. The van der Waals surface area contributed by atoms with E-state index in [1.165, 1.54) is 32.1 Å². The Morgan fingerprint density at radius 2 is 1.95 bits per heavy atom. The van der Waals surface area contributed by atoms with Crippen LogP contribution in [0.5, 0.6) is 0 Å². The van der Waals surface area contributed by atoms with Crippen molar-refractivity contribution in [3.05, 3.63) is 0 Å². The monoisotopic (exact) mass is 300 g/mol. The van der Waals surface area contributed by atoms with E-state index in [1.807, 2.05) is 0 Å². The van der Waals surface area contributed by atoms with Gasteiger partial charge in [0, 0.05) is 18.5 Å². The molecule has 116 valence electrons. The first-order valence-electron chi connectivity index (χ1n) is 8.15. The molecule has 2 unspecified atom stereocenters. The maximum absolute atomic E-state index is 12.9. The summed E-state index contributed by atoms with van der Waals surface area (Å²) in [6, 6.07) is 0.501. The first-order valence-corrected chi connectivity index (χ1v) is 8.15. The average Bonchev–Trinajstić information content (AvgIpc) is 3.12. The van der Waals surface area contributed by atoms with Crippen molar-refractivity contribution in [1.29, 1.82) is 0 Å². The van der Waals surface area contributed by atoms with Crippen molar-refractivity contribution < 1.29 is 4.79 Å². The summed E-state index contributed by atoms with van der Waals surface area (Å²) >= 11 is 0. The lowest BCUT2D eigenvalue weighted by Crippen LogP contribution is -2.48. The van der Waals surface area contributed by atoms with Gasteiger partial charge in [0.2, 0.25) is 5.91 Å². The summed E-state index contributed by atoms with van der Waals surface area (Å²) in [6.07, 6.45) is 7.30. The largest absolute Gasteiger partial charge is 0.339 e. The number of carbonyl (C=O) groups excluding carboxylic acids is 1. The van der Waals surface area contributed by atoms with E-state index in [1.54, 1.807) is 0 Å². The third kappa shape index (κ3) is 2.85. The second-order valence-electron chi connectivity index (χ2n) is 7.21. The van der Waals surface area contributed by atoms with Gasteiger partial charge in [0.15, 0.2) is 0 Å². The van der Waals surface area contributed by atoms with Crippen LogP contribution in [0.1, 0.15) is 52.4 Å². The molecule has 2 saturated heterocycles. The van der Waals surface area contributed by atoms with Gasteiger partial charge in [0.1, 0.15) is 0 Å². The Morgan fingerprint density at radius 3 is 2.60 bits per heavy atom. The number of amides is 1. The molecule has 0 bridgehead atoms. The molecule has 20 heavy (non-hydrogen) atoms. The molecule has 2 atom stereocenters. The van der Waals surface area contributed by atoms with Crippen molar-refractivity contribution in [2.24, 2.45) is 17.3 Å². The van der Waals surface area contributed by atoms with Crippen LogP contribution in [-0.4, -0.2) is 36.5 Å². The maximum Gasteiger partial charge on any atom is 0.226 e. The van der Waals surface area contributed by atoms with Gasteiger partial charge in [-0.2, -0.15) is 0 Å². The lowest BCUT2D eigenvalue weighted by Gasteiger charge is -2.39. The summed E-state index contributed by atoms with van der Waals surface area (Å²) in [5, 5.41) is 3.42. The van der Waals surface area contributed by atoms with Crippen molar-refractivity contribution in [2.45, 2.75) is 58.4 Å². The highest BCUT2D eigenvalue weighted by Crippen LogP contribution is 2.59. The number of rotatable bonds is 2. The minimum Gasteiger partial charge on any atom is -0.339 e. The molecule has 1 amide bonds. The molecule has 3 aliphatic rings. The van der Waals surface area contributed by atoms with E-state index < -0.39 is 0 Å². The number of halogens is 1. The van der Waals surface area contributed by atoms with Crippen LogP contribution in [-0.2, 0) is 4.79 Å². The highest BCUT2D eigenvalue weighted by molar-refractivity contribution is 5.85. The second-order valence-corrected chi connectivity index (χ2v) is 7.21. The summed E-state index contributed by atoms with van der Waals surface area (Å²) < 4.78 is 0. The van der Waals surface area contributed by atoms with Crippen LogP contribution in [0, 0.1) is 17.3 Å². The third-order valence-corrected chi connectivity index (χ3v) is 5.69. The van der Waals surface area contributed by atoms with Gasteiger partial charge in [-0.1, -0.05) is 13.8 Å². The average molecular weight is 301 g/mol. The quantitative estimate of drug-likeness (QED) is 0.850. The Morgan fingerprint density at radius 1 is 1.25 bits per heavy atom. The number of nitrogens with one attached hydrogen (secondary N) is 1. The standard InChI is InChI=1S/C16H28N2O.ClH/c1-12(2)14-5-3-4-10-18(14)15(19)13-11-16(13)6-8-17-9-7-16;/h12-14,17H,3-11H2,1-2H3;1H. The molecule has 0 aromatic carbocycles. The Hall–Kier alpha value is -0.280. The van der Waals surface area contributed by atoms with E-state index in [-0.39, 0.29) is 12.4 Å². The Balaban J connectivity index is 0.00000147. The van der Waals surface area contributed by atoms with Crippen molar-refractivity contribution in [3.63, 3.8) is 0 Å². The maximum atomic E-state index is 12.9. The van der Waals surface area contributed by atoms with Crippen LogP contribution in [0.2, 0.25) is 0 Å². The number of nitrogens with zero attached hydrogens (tertiary/aromatic N) is 1. The van der Waals surface area contributed by atoms with Gasteiger partial charge in [-0.05, 0) is 62.9 Å². The topological polar surface area (TPSA) is 32.3 Å². The molecule has 3 rings (SSSR count). The van der Waals surface area contributed by atoms with Crippen LogP contribution in [0.25, 0.3) is 0 Å². The van der Waals surface area contributed by atoms with Gasteiger partial charge in [-0.15, -0.1) is 12.4 Å². The van der Waals surface area contributed by atoms with Gasteiger partial charge in [-0.25, -0.2) is 0 Å². The molecule has 4 heteroatoms. The first-order chi connectivity index (χ1) is 9.14. The first kappa shape index (κ1) is 16.1. The van der Waals surface area contributed by atoms with Crippen molar-refractivity contribution in [2.75, 3.05) is 19.6 Å². The highest BCUT2D eigenvalue weighted by atomic mass is 35.5. The molecular weight excluding hydrogens is 272 g/mol. The predicted molar refractivity (Wildman–Crippen MR) is 84.1 cm³/mol. The summed E-state index contributed by atoms with van der Waals surface area (Å²) in [5.74, 6) is 1.45. The number of likely N-dealkylation sites (tertiary alicyclic amines) is 1. The summed E-state index contributed by atoms with van der Waals surface area (Å²) in [7, 11) is 0. The number of carbonyl (C=O) groups is 1. The molecule has 3 nitrogen and oxygen atoms in total. The fraction of sp³-hybridized carbons (Fsp3) is 0.938. The molecular formula is C16H29ClN2O. The van der Waals surface area contributed by atoms with Crippen LogP contribution in [0.3, 0.4) is 0 Å². The molecule has 2 aliphatic heterocycles. The van der Waals surface area contributed by atoms with E-state index in [2.05, 4.69) is 24.1 Å². The summed E-state index contributed by atoms with van der Waals surface area (Å²) in [5.41, 5.74) is 0.390. The number of piperidine rings is 2. The molecule has 1 spiro atoms. The van der Waals surface area contributed by atoms with Gasteiger partial charge < -0.3 is 10.2 Å². The number of hydrogen-bond acceptors (Lipinski definition) is 2. The zero-order valence-corrected chi connectivity index (χ0v) is 13.7. The van der Waals surface area contributed by atoms with Crippen LogP contribution in [0.15, 0.2) is 0 Å².